The van der Waals surface area contributed by atoms with E-state index in [0.717, 1.165) is 27.0 Å². The molecule has 0 radical (unpaired) electrons. The monoisotopic (exact) mass is 433 g/mol. The van der Waals surface area contributed by atoms with Crippen molar-refractivity contribution in [1.29, 1.82) is 0 Å². The van der Waals surface area contributed by atoms with Crippen LogP contribution in [0.15, 0.2) is 66.9 Å². The lowest BCUT2D eigenvalue weighted by atomic mass is 10.1. The largest absolute Gasteiger partial charge is 0.278 e. The molecule has 4 nitrogen and oxygen atoms in total. The Morgan fingerprint density at radius 2 is 1.93 bits per heavy atom. The molecule has 6 heteroatoms. The van der Waals surface area contributed by atoms with Crippen LogP contribution < -0.4 is 4.90 Å². The van der Waals surface area contributed by atoms with E-state index in [9.17, 15) is 4.79 Å². The molecule has 0 fully saturated rings. The molecule has 0 N–H and O–H groups in total. The van der Waals surface area contributed by atoms with Crippen molar-refractivity contribution in [3.8, 4) is 0 Å². The van der Waals surface area contributed by atoms with Gasteiger partial charge >= 0.3 is 0 Å². The van der Waals surface area contributed by atoms with E-state index in [1.165, 1.54) is 23.0 Å². The number of hydrogen-bond donors (Lipinski definition) is 0. The van der Waals surface area contributed by atoms with Gasteiger partial charge in [0, 0.05) is 17.3 Å². The first-order chi connectivity index (χ1) is 14.5. The molecule has 150 valence electrons. The van der Waals surface area contributed by atoms with E-state index in [1.54, 1.807) is 23.2 Å². The number of carbonyl (C=O) groups excluding carboxylic acids is 1. The Morgan fingerprint density at radius 3 is 2.70 bits per heavy atom. The van der Waals surface area contributed by atoms with Gasteiger partial charge < -0.3 is 0 Å². The van der Waals surface area contributed by atoms with Gasteiger partial charge in [0.2, 0.25) is 0 Å². The highest BCUT2D eigenvalue weighted by Gasteiger charge is 2.20. The Hall–Kier alpha value is -3.02. The number of amides is 1. The fraction of sp³-hybridized carbons (Fsp3) is 0.125. The zero-order chi connectivity index (χ0) is 21.1. The normalized spacial score (nSPS) is 11.3. The molecule has 0 unspecified atom stereocenters. The van der Waals surface area contributed by atoms with Crippen LogP contribution in [0, 0.1) is 13.8 Å². The van der Waals surface area contributed by atoms with Crippen LogP contribution in [-0.4, -0.2) is 15.9 Å². The third-order valence-corrected chi connectivity index (χ3v) is 6.04. The lowest BCUT2D eigenvalue weighted by molar-refractivity contribution is -0.114. The lowest BCUT2D eigenvalue weighted by Gasteiger charge is -2.17. The highest BCUT2D eigenvalue weighted by atomic mass is 35.5. The summed E-state index contributed by atoms with van der Waals surface area (Å²) in [6, 6.07) is 17.3. The second-order valence-electron chi connectivity index (χ2n) is 7.03. The van der Waals surface area contributed by atoms with Crippen molar-refractivity contribution in [3.05, 3.63) is 94.3 Å². The van der Waals surface area contributed by atoms with Gasteiger partial charge in [-0.05, 0) is 60.9 Å². The number of anilines is 1. The number of fused-ring (bicyclic) bond motifs is 1. The molecule has 0 bridgehead atoms. The second kappa shape index (κ2) is 8.78. The molecular weight excluding hydrogens is 414 g/mol. The molecule has 0 aliphatic heterocycles. The molecule has 4 aromatic rings. The molecule has 0 aliphatic carbocycles. The van der Waals surface area contributed by atoms with Crippen LogP contribution in [0.4, 0.5) is 5.13 Å². The van der Waals surface area contributed by atoms with Crippen LogP contribution in [-0.2, 0) is 11.3 Å². The van der Waals surface area contributed by atoms with Gasteiger partial charge in [0.15, 0.2) is 5.13 Å². The van der Waals surface area contributed by atoms with Crippen molar-refractivity contribution in [2.75, 3.05) is 4.90 Å². The minimum absolute atomic E-state index is 0.172. The molecule has 0 aliphatic rings. The van der Waals surface area contributed by atoms with Crippen LogP contribution in [0.2, 0.25) is 5.02 Å². The first kappa shape index (κ1) is 20.3. The third-order valence-electron chi connectivity index (χ3n) is 4.67. The summed E-state index contributed by atoms with van der Waals surface area (Å²) in [5.41, 5.74) is 4.79. The Labute approximate surface area is 184 Å². The summed E-state index contributed by atoms with van der Waals surface area (Å²) < 4.78 is 1.07. The van der Waals surface area contributed by atoms with Crippen molar-refractivity contribution < 1.29 is 4.79 Å². The number of nitrogens with zero attached hydrogens (tertiary/aromatic N) is 3. The summed E-state index contributed by atoms with van der Waals surface area (Å²) >= 11 is 7.74. The van der Waals surface area contributed by atoms with E-state index < -0.39 is 0 Å². The summed E-state index contributed by atoms with van der Waals surface area (Å²) in [5, 5.41) is 1.25. The predicted octanol–water partition coefficient (Wildman–Crippen LogP) is 6.21. The van der Waals surface area contributed by atoms with Gasteiger partial charge in [-0.2, -0.15) is 0 Å². The first-order valence-corrected chi connectivity index (χ1v) is 10.7. The van der Waals surface area contributed by atoms with E-state index in [0.29, 0.717) is 16.7 Å². The first-order valence-electron chi connectivity index (χ1n) is 9.53. The summed E-state index contributed by atoms with van der Waals surface area (Å²) in [7, 11) is 0. The maximum atomic E-state index is 13.2. The molecule has 4 rings (SSSR count). The van der Waals surface area contributed by atoms with Gasteiger partial charge in [-0.3, -0.25) is 14.7 Å². The average Bonchev–Trinajstić information content (AvgIpc) is 3.16. The molecule has 2 aromatic carbocycles. The van der Waals surface area contributed by atoms with Gasteiger partial charge in [-0.1, -0.05) is 53.3 Å². The van der Waals surface area contributed by atoms with Crippen molar-refractivity contribution in [2.24, 2.45) is 0 Å². The maximum Gasteiger partial charge on any atom is 0.253 e. The lowest BCUT2D eigenvalue weighted by Crippen LogP contribution is -2.29. The number of aromatic nitrogens is 2. The van der Waals surface area contributed by atoms with Gasteiger partial charge in [-0.15, -0.1) is 0 Å². The van der Waals surface area contributed by atoms with Crippen LogP contribution in [0.1, 0.15) is 22.4 Å². The minimum atomic E-state index is -0.172. The molecule has 30 heavy (non-hydrogen) atoms. The number of benzene rings is 2. The van der Waals surface area contributed by atoms with E-state index in [1.807, 2.05) is 43.3 Å². The Balaban J connectivity index is 1.72. The summed E-state index contributed by atoms with van der Waals surface area (Å²) in [5.74, 6) is -0.172. The zero-order valence-corrected chi connectivity index (χ0v) is 18.2. The molecule has 0 saturated carbocycles. The number of pyridine rings is 1. The number of carbonyl (C=O) groups is 1. The predicted molar refractivity (Wildman–Crippen MR) is 125 cm³/mol. The highest BCUT2D eigenvalue weighted by Crippen LogP contribution is 2.32. The van der Waals surface area contributed by atoms with Crippen LogP contribution in [0.3, 0.4) is 0 Å². The fourth-order valence-corrected chi connectivity index (χ4v) is 4.57. The fourth-order valence-electron chi connectivity index (χ4n) is 3.23. The summed E-state index contributed by atoms with van der Waals surface area (Å²) in [4.78, 5) is 24.0. The van der Waals surface area contributed by atoms with Crippen molar-refractivity contribution in [3.63, 3.8) is 0 Å². The molecular formula is C24H20ClN3OS. The number of hydrogen-bond acceptors (Lipinski definition) is 4. The highest BCUT2D eigenvalue weighted by molar-refractivity contribution is 7.22. The number of thiazole rings is 1. The average molecular weight is 434 g/mol. The van der Waals surface area contributed by atoms with Gasteiger partial charge in [0.1, 0.15) is 0 Å². The standard InChI is InChI=1S/C24H20ClN3OS/c1-16-13-17(2)23-21(14-16)30-24(27-23)28(15-19-8-5-6-12-26-19)22(29)11-10-18-7-3-4-9-20(18)25/h3-14H,15H2,1-2H3/b11-10+. The van der Waals surface area contributed by atoms with E-state index in [-0.39, 0.29) is 5.91 Å². The van der Waals surface area contributed by atoms with E-state index >= 15 is 0 Å². The van der Waals surface area contributed by atoms with Crippen LogP contribution >= 0.6 is 22.9 Å². The number of halogens is 1. The van der Waals surface area contributed by atoms with Crippen molar-refractivity contribution >= 4 is 50.3 Å². The van der Waals surface area contributed by atoms with E-state index in [2.05, 4.69) is 24.0 Å². The Morgan fingerprint density at radius 1 is 1.13 bits per heavy atom. The topological polar surface area (TPSA) is 46.1 Å². The Bertz CT molecular complexity index is 1230. The molecule has 0 atom stereocenters. The maximum absolute atomic E-state index is 13.2. The van der Waals surface area contributed by atoms with Crippen molar-refractivity contribution in [1.82, 2.24) is 9.97 Å². The SMILES string of the molecule is Cc1cc(C)c2nc(N(Cc3ccccn3)C(=O)/C=C/c3ccccc3Cl)sc2c1. The van der Waals surface area contributed by atoms with Gasteiger partial charge in [-0.25, -0.2) is 4.98 Å². The van der Waals surface area contributed by atoms with Crippen LogP contribution in [0.25, 0.3) is 16.3 Å². The smallest absolute Gasteiger partial charge is 0.253 e. The molecule has 0 spiro atoms. The Kier molecular flexibility index (Phi) is 5.93. The quantitative estimate of drug-likeness (QED) is 0.351. The van der Waals surface area contributed by atoms with Crippen molar-refractivity contribution in [2.45, 2.75) is 20.4 Å². The second-order valence-corrected chi connectivity index (χ2v) is 8.44. The molecule has 1 amide bonds. The number of aryl methyl sites for hydroxylation is 2. The molecule has 2 aromatic heterocycles. The van der Waals surface area contributed by atoms with Crippen LogP contribution in [0.5, 0.6) is 0 Å². The van der Waals surface area contributed by atoms with Gasteiger partial charge in [0.05, 0.1) is 22.5 Å². The number of rotatable bonds is 5. The molecule has 2 heterocycles. The molecule has 0 saturated heterocycles. The summed E-state index contributed by atoms with van der Waals surface area (Å²) in [6.07, 6.45) is 5.00. The third kappa shape index (κ3) is 4.42. The summed E-state index contributed by atoms with van der Waals surface area (Å²) in [6.45, 7) is 4.44. The minimum Gasteiger partial charge on any atom is -0.278 e. The zero-order valence-electron chi connectivity index (χ0n) is 16.7. The van der Waals surface area contributed by atoms with Gasteiger partial charge in [0.25, 0.3) is 5.91 Å². The van der Waals surface area contributed by atoms with E-state index in [4.69, 9.17) is 16.6 Å².